The van der Waals surface area contributed by atoms with E-state index in [1.165, 1.54) is 56.4 Å². The molecule has 2 atom stereocenters. The quantitative estimate of drug-likeness (QED) is 0.431. The Morgan fingerprint density at radius 2 is 1.84 bits per heavy atom. The molecule has 2 aromatic carbocycles. The highest BCUT2D eigenvalue weighted by molar-refractivity contribution is 5.95. The molecule has 1 saturated heterocycles. The van der Waals surface area contributed by atoms with Crippen LogP contribution in [-0.2, 0) is 25.4 Å². The number of aromatic nitrogens is 2. The van der Waals surface area contributed by atoms with Crippen molar-refractivity contribution in [3.8, 4) is 17.2 Å². The minimum Gasteiger partial charge on any atom is -0.493 e. The first kappa shape index (κ1) is 29.4. The van der Waals surface area contributed by atoms with E-state index in [1.807, 2.05) is 0 Å². The molecule has 2 aliphatic heterocycles. The van der Waals surface area contributed by atoms with Gasteiger partial charge in [0.05, 0.1) is 13.2 Å². The third-order valence-electron chi connectivity index (χ3n) is 7.39. The maximum Gasteiger partial charge on any atom is 0.331 e. The first-order chi connectivity index (χ1) is 20.5. The maximum atomic E-state index is 14.5. The van der Waals surface area contributed by atoms with Gasteiger partial charge in [-0.3, -0.25) is 28.3 Å². The van der Waals surface area contributed by atoms with Gasteiger partial charge in [-0.05, 0) is 35.9 Å². The molecule has 1 fully saturated rings. The molecule has 0 unspecified atom stereocenters. The first-order valence-electron chi connectivity index (χ1n) is 13.4. The number of hydrogen-bond acceptors (Lipinski definition) is 8. The molecule has 13 nitrogen and oxygen atoms in total. The number of nitrogens with zero attached hydrogens (tertiary/aromatic N) is 3. The number of hydrogen-bond donors (Lipinski definition) is 2. The van der Waals surface area contributed by atoms with Gasteiger partial charge < -0.3 is 29.7 Å². The largest absolute Gasteiger partial charge is 0.493 e. The average Bonchev–Trinajstić information content (AvgIpc) is 2.99. The lowest BCUT2D eigenvalue weighted by Crippen LogP contribution is -2.58. The summed E-state index contributed by atoms with van der Waals surface area (Å²) in [5.74, 6) is -1.52. The Labute approximate surface area is 244 Å². The zero-order chi connectivity index (χ0) is 30.8. The standard InChI is InChI=1S/C29H30FN5O8/c1-33-21(12-26(37)34(2)29(33)40)28(39)35-7-6-22-20(14-35)32-27(38)17-4-5-23(41-3)24(10-17)42-15-25(36)31-13-16-8-18(30)11-19(9-16)43-22/h4-5,8-12,20,22H,6-7,13-15H2,1-3H3,(H,31,36)(H,32,38)/t20-,22+/m0/s1. The molecule has 43 heavy (non-hydrogen) atoms. The smallest absolute Gasteiger partial charge is 0.331 e. The number of likely N-dealkylation sites (tertiary alicyclic amines) is 1. The van der Waals surface area contributed by atoms with Crippen molar-refractivity contribution in [3.63, 3.8) is 0 Å². The van der Waals surface area contributed by atoms with E-state index in [4.69, 9.17) is 14.2 Å². The Bertz CT molecular complexity index is 1720. The first-order valence-corrected chi connectivity index (χ1v) is 13.4. The lowest BCUT2D eigenvalue weighted by atomic mass is 10.00. The van der Waals surface area contributed by atoms with Crippen molar-refractivity contribution < 1.29 is 33.0 Å². The second-order valence-electron chi connectivity index (χ2n) is 10.3. The lowest BCUT2D eigenvalue weighted by Gasteiger charge is -2.39. The second-order valence-corrected chi connectivity index (χ2v) is 10.3. The summed E-state index contributed by atoms with van der Waals surface area (Å²) in [5.41, 5.74) is -0.746. The van der Waals surface area contributed by atoms with E-state index in [1.54, 1.807) is 6.07 Å². The summed E-state index contributed by atoms with van der Waals surface area (Å²) >= 11 is 0. The number of carbonyl (C=O) groups excluding carboxylic acids is 3. The van der Waals surface area contributed by atoms with E-state index in [2.05, 4.69) is 10.6 Å². The Hall–Kier alpha value is -5.14. The number of benzene rings is 2. The van der Waals surface area contributed by atoms with E-state index >= 15 is 0 Å². The van der Waals surface area contributed by atoms with Crippen LogP contribution in [0.3, 0.4) is 0 Å². The minimum absolute atomic E-state index is 0.00978. The van der Waals surface area contributed by atoms with Crippen molar-refractivity contribution in [1.29, 1.82) is 0 Å². The summed E-state index contributed by atoms with van der Waals surface area (Å²) in [4.78, 5) is 65.5. The van der Waals surface area contributed by atoms with E-state index in [0.717, 1.165) is 15.2 Å². The molecule has 1 aromatic heterocycles. The third kappa shape index (κ3) is 6.22. The van der Waals surface area contributed by atoms with E-state index < -0.39 is 46.9 Å². The Kier molecular flexibility index (Phi) is 8.19. The summed E-state index contributed by atoms with van der Waals surface area (Å²) in [7, 11) is 4.13. The van der Waals surface area contributed by atoms with E-state index in [0.29, 0.717) is 11.3 Å². The fourth-order valence-electron chi connectivity index (χ4n) is 5.04. The minimum atomic E-state index is -0.778. The van der Waals surface area contributed by atoms with Crippen molar-refractivity contribution in [2.75, 3.05) is 26.8 Å². The fourth-order valence-corrected chi connectivity index (χ4v) is 5.04. The molecule has 14 heteroatoms. The van der Waals surface area contributed by atoms with Gasteiger partial charge in [-0.25, -0.2) is 9.18 Å². The van der Waals surface area contributed by atoms with Crippen molar-refractivity contribution in [2.24, 2.45) is 14.1 Å². The van der Waals surface area contributed by atoms with Gasteiger partial charge in [0.25, 0.3) is 23.3 Å². The van der Waals surface area contributed by atoms with Crippen LogP contribution in [0.2, 0.25) is 0 Å². The van der Waals surface area contributed by atoms with Crippen LogP contribution < -0.4 is 36.1 Å². The van der Waals surface area contributed by atoms with Gasteiger partial charge in [0.15, 0.2) is 18.1 Å². The lowest BCUT2D eigenvalue weighted by molar-refractivity contribution is -0.123. The zero-order valence-electron chi connectivity index (χ0n) is 23.7. The number of amides is 3. The number of nitrogens with one attached hydrogen (secondary N) is 2. The van der Waals surface area contributed by atoms with Crippen LogP contribution >= 0.6 is 0 Å². The molecular formula is C29H30FN5O8. The molecular weight excluding hydrogens is 565 g/mol. The number of fused-ring (bicyclic) bond motifs is 5. The normalized spacial score (nSPS) is 18.8. The molecule has 0 aliphatic carbocycles. The van der Waals surface area contributed by atoms with Crippen LogP contribution in [0, 0.1) is 5.82 Å². The van der Waals surface area contributed by atoms with E-state index in [9.17, 15) is 28.4 Å². The molecule has 0 radical (unpaired) electrons. The summed E-state index contributed by atoms with van der Waals surface area (Å²) in [6.07, 6.45) is -0.457. The molecule has 0 saturated carbocycles. The molecule has 2 aliphatic rings. The number of carbonyl (C=O) groups is 3. The predicted molar refractivity (Wildman–Crippen MR) is 150 cm³/mol. The highest BCUT2D eigenvalue weighted by Crippen LogP contribution is 2.29. The van der Waals surface area contributed by atoms with Crippen molar-refractivity contribution >= 4 is 17.7 Å². The topological polar surface area (TPSA) is 150 Å². The van der Waals surface area contributed by atoms with Gasteiger partial charge in [0, 0.05) is 57.8 Å². The predicted octanol–water partition coefficient (Wildman–Crippen LogP) is 0.332. The molecule has 3 heterocycles. The van der Waals surface area contributed by atoms with Crippen molar-refractivity contribution in [3.05, 3.63) is 85.9 Å². The summed E-state index contributed by atoms with van der Waals surface area (Å²) < 4.78 is 33.6. The van der Waals surface area contributed by atoms with Crippen molar-refractivity contribution in [1.82, 2.24) is 24.7 Å². The Morgan fingerprint density at radius 1 is 1.05 bits per heavy atom. The zero-order valence-corrected chi connectivity index (χ0v) is 23.7. The van der Waals surface area contributed by atoms with E-state index in [-0.39, 0.29) is 55.4 Å². The third-order valence-corrected chi connectivity index (χ3v) is 7.39. The monoisotopic (exact) mass is 595 g/mol. The van der Waals surface area contributed by atoms with Crippen LogP contribution in [-0.4, -0.2) is 70.7 Å². The van der Waals surface area contributed by atoms with Gasteiger partial charge >= 0.3 is 5.69 Å². The number of piperidine rings is 1. The van der Waals surface area contributed by atoms with Crippen LogP contribution in [0.4, 0.5) is 4.39 Å². The van der Waals surface area contributed by atoms with Gasteiger partial charge in [-0.1, -0.05) is 0 Å². The highest BCUT2D eigenvalue weighted by atomic mass is 19.1. The molecule has 226 valence electrons. The SMILES string of the molecule is COc1ccc2cc1OCC(=O)NCc1cc(F)cc(c1)O[C@@H]1CCN(C(=O)c3cc(=O)n(C)c(=O)n3C)C[C@@H]1NC2=O. The molecule has 3 aromatic rings. The highest BCUT2D eigenvalue weighted by Gasteiger charge is 2.36. The van der Waals surface area contributed by atoms with Gasteiger partial charge in [0.2, 0.25) is 0 Å². The summed E-state index contributed by atoms with van der Waals surface area (Å²) in [6.45, 7) is -0.239. The number of ether oxygens (including phenoxy) is 3. The second kappa shape index (κ2) is 12.0. The number of rotatable bonds is 2. The van der Waals surface area contributed by atoms with Gasteiger partial charge in [-0.2, -0.15) is 0 Å². The Morgan fingerprint density at radius 3 is 2.60 bits per heavy atom. The maximum absolute atomic E-state index is 14.5. The molecule has 5 rings (SSSR count). The van der Waals surface area contributed by atoms with Crippen LogP contribution in [0.1, 0.15) is 32.8 Å². The Balaban J connectivity index is 1.50. The molecule has 4 bridgehead atoms. The van der Waals surface area contributed by atoms with Crippen LogP contribution in [0.5, 0.6) is 17.2 Å². The van der Waals surface area contributed by atoms with Gasteiger partial charge in [-0.15, -0.1) is 0 Å². The van der Waals surface area contributed by atoms with Crippen LogP contribution in [0.15, 0.2) is 52.1 Å². The van der Waals surface area contributed by atoms with Crippen LogP contribution in [0.25, 0.3) is 0 Å². The number of halogens is 1. The molecule has 0 spiro atoms. The molecule has 3 amide bonds. The summed E-state index contributed by atoms with van der Waals surface area (Å²) in [5, 5.41) is 5.56. The molecule has 2 N–H and O–H groups in total. The fraction of sp³-hybridized carbons (Fsp3) is 0.345. The average molecular weight is 596 g/mol. The summed E-state index contributed by atoms with van der Waals surface area (Å²) in [6, 6.07) is 8.82. The number of methoxy groups -OCH3 is 1. The van der Waals surface area contributed by atoms with Gasteiger partial charge in [0.1, 0.15) is 23.4 Å². The van der Waals surface area contributed by atoms with Crippen molar-refractivity contribution in [2.45, 2.75) is 25.1 Å².